The van der Waals surface area contributed by atoms with Crippen LogP contribution in [0.5, 0.6) is 5.75 Å². The van der Waals surface area contributed by atoms with Crippen LogP contribution in [0.3, 0.4) is 0 Å². The fourth-order valence-corrected chi connectivity index (χ4v) is 4.62. The molecule has 0 saturated heterocycles. The van der Waals surface area contributed by atoms with Gasteiger partial charge >= 0.3 is 0 Å². The van der Waals surface area contributed by atoms with Crippen molar-refractivity contribution in [1.29, 1.82) is 0 Å². The average Bonchev–Trinajstić information content (AvgIpc) is 2.61. The Bertz CT molecular complexity index is 411. The lowest BCUT2D eigenvalue weighted by Gasteiger charge is -2.37. The van der Waals surface area contributed by atoms with Gasteiger partial charge in [0.15, 0.2) is 0 Å². The third-order valence-electron chi connectivity index (χ3n) is 6.26. The van der Waals surface area contributed by atoms with Gasteiger partial charge in [0, 0.05) is 0 Å². The van der Waals surface area contributed by atoms with E-state index in [1.807, 2.05) is 6.07 Å². The van der Waals surface area contributed by atoms with Crippen molar-refractivity contribution in [3.8, 4) is 5.75 Å². The van der Waals surface area contributed by atoms with Crippen molar-refractivity contribution in [1.82, 2.24) is 0 Å². The topological polar surface area (TPSA) is 9.23 Å². The van der Waals surface area contributed by atoms with Crippen molar-refractivity contribution in [2.24, 2.45) is 23.7 Å². The minimum Gasteiger partial charge on any atom is -0.493 e. The maximum atomic E-state index is 5.95. The minimum absolute atomic E-state index is 0.781. The molecule has 2 aliphatic carbocycles. The van der Waals surface area contributed by atoms with Gasteiger partial charge in [0.1, 0.15) is 5.75 Å². The first-order chi connectivity index (χ1) is 10.8. The summed E-state index contributed by atoms with van der Waals surface area (Å²) in [5.74, 6) is 4.90. The number of hydrogen-bond donors (Lipinski definition) is 0. The lowest BCUT2D eigenvalue weighted by atomic mass is 9.69. The first kappa shape index (κ1) is 15.9. The molecule has 3 rings (SSSR count). The first-order valence-corrected chi connectivity index (χ1v) is 9.53. The van der Waals surface area contributed by atoms with Crippen LogP contribution >= 0.6 is 0 Å². The van der Waals surface area contributed by atoms with Crippen LogP contribution in [0.1, 0.15) is 64.7 Å². The standard InChI is InChI=1S/C21H32O/c1-2-17-8-12-19(13-9-17)20-14-10-18(11-15-20)16-22-21-6-4-3-5-7-21/h3-7,17-20H,2,8-16H2,1H3/t17-,18-,19-,20-. The van der Waals surface area contributed by atoms with Crippen molar-refractivity contribution in [2.45, 2.75) is 64.7 Å². The van der Waals surface area contributed by atoms with Crippen LogP contribution < -0.4 is 4.74 Å². The van der Waals surface area contributed by atoms with Crippen LogP contribution in [0.15, 0.2) is 30.3 Å². The molecule has 0 spiro atoms. The van der Waals surface area contributed by atoms with Crippen LogP contribution in [0, 0.1) is 23.7 Å². The molecular formula is C21H32O. The predicted octanol–water partition coefficient (Wildman–Crippen LogP) is 6.09. The second-order valence-corrected chi connectivity index (χ2v) is 7.59. The Hall–Kier alpha value is -0.980. The highest BCUT2D eigenvalue weighted by Gasteiger charge is 2.30. The van der Waals surface area contributed by atoms with Gasteiger partial charge in [-0.3, -0.25) is 0 Å². The number of hydrogen-bond acceptors (Lipinski definition) is 1. The van der Waals surface area contributed by atoms with Crippen molar-refractivity contribution < 1.29 is 4.74 Å². The summed E-state index contributed by atoms with van der Waals surface area (Å²) < 4.78 is 5.95. The molecule has 1 aromatic carbocycles. The highest BCUT2D eigenvalue weighted by atomic mass is 16.5. The molecule has 0 amide bonds. The summed E-state index contributed by atoms with van der Waals surface area (Å²) in [7, 11) is 0. The van der Waals surface area contributed by atoms with Crippen LogP contribution in [0.25, 0.3) is 0 Å². The molecule has 2 fully saturated rings. The number of para-hydroxylation sites is 1. The zero-order chi connectivity index (χ0) is 15.2. The fraction of sp³-hybridized carbons (Fsp3) is 0.714. The molecule has 22 heavy (non-hydrogen) atoms. The molecule has 0 bridgehead atoms. The van der Waals surface area contributed by atoms with E-state index in [9.17, 15) is 0 Å². The summed E-state index contributed by atoms with van der Waals surface area (Å²) in [5.41, 5.74) is 0. The molecule has 122 valence electrons. The second kappa shape index (κ2) is 8.04. The molecule has 0 aliphatic heterocycles. The first-order valence-electron chi connectivity index (χ1n) is 9.53. The summed E-state index contributed by atoms with van der Waals surface area (Å²) in [6, 6.07) is 10.3. The summed E-state index contributed by atoms with van der Waals surface area (Å²) in [5, 5.41) is 0. The van der Waals surface area contributed by atoms with E-state index in [1.165, 1.54) is 57.8 Å². The van der Waals surface area contributed by atoms with Crippen molar-refractivity contribution in [2.75, 3.05) is 6.61 Å². The SMILES string of the molecule is CC[C@H]1CC[C@H]([C@H]2CC[C@H](COc3ccccc3)CC2)CC1. The van der Waals surface area contributed by atoms with Gasteiger partial charge in [0.2, 0.25) is 0 Å². The normalized spacial score (nSPS) is 32.6. The maximum Gasteiger partial charge on any atom is 0.119 e. The maximum absolute atomic E-state index is 5.95. The molecule has 2 aliphatic rings. The van der Waals surface area contributed by atoms with Crippen LogP contribution in [-0.4, -0.2) is 6.61 Å². The van der Waals surface area contributed by atoms with Gasteiger partial charge in [-0.15, -0.1) is 0 Å². The minimum atomic E-state index is 0.781. The molecule has 1 aromatic rings. The van der Waals surface area contributed by atoms with Gasteiger partial charge < -0.3 is 4.74 Å². The van der Waals surface area contributed by atoms with Crippen LogP contribution in [-0.2, 0) is 0 Å². The van der Waals surface area contributed by atoms with Gasteiger partial charge in [-0.2, -0.15) is 0 Å². The third kappa shape index (κ3) is 4.27. The second-order valence-electron chi connectivity index (χ2n) is 7.59. The van der Waals surface area contributed by atoms with E-state index in [-0.39, 0.29) is 0 Å². The summed E-state index contributed by atoms with van der Waals surface area (Å²) in [6.45, 7) is 3.28. The number of rotatable bonds is 5. The summed E-state index contributed by atoms with van der Waals surface area (Å²) >= 11 is 0. The van der Waals surface area contributed by atoms with E-state index in [4.69, 9.17) is 4.74 Å². The number of ether oxygens (including phenoxy) is 1. The Labute approximate surface area is 136 Å². The van der Waals surface area contributed by atoms with Gasteiger partial charge in [-0.1, -0.05) is 44.4 Å². The average molecular weight is 300 g/mol. The Morgan fingerprint density at radius 1 is 0.773 bits per heavy atom. The van der Waals surface area contributed by atoms with Gasteiger partial charge in [0.25, 0.3) is 0 Å². The van der Waals surface area contributed by atoms with Crippen molar-refractivity contribution in [3.05, 3.63) is 30.3 Å². The van der Waals surface area contributed by atoms with Crippen LogP contribution in [0.4, 0.5) is 0 Å². The van der Waals surface area contributed by atoms with E-state index < -0.39 is 0 Å². The van der Waals surface area contributed by atoms with E-state index in [0.29, 0.717) is 0 Å². The highest BCUT2D eigenvalue weighted by Crippen LogP contribution is 2.41. The Balaban J connectivity index is 1.37. The smallest absolute Gasteiger partial charge is 0.119 e. The lowest BCUT2D eigenvalue weighted by molar-refractivity contribution is 0.123. The Morgan fingerprint density at radius 3 is 1.86 bits per heavy atom. The zero-order valence-electron chi connectivity index (χ0n) is 14.2. The lowest BCUT2D eigenvalue weighted by Crippen LogP contribution is -2.27. The molecule has 0 unspecified atom stereocenters. The molecule has 0 aromatic heterocycles. The molecule has 1 heteroatoms. The predicted molar refractivity (Wildman–Crippen MR) is 93.1 cm³/mol. The molecule has 0 radical (unpaired) electrons. The summed E-state index contributed by atoms with van der Waals surface area (Å²) in [6.07, 6.45) is 13.1. The molecule has 1 nitrogen and oxygen atoms in total. The third-order valence-corrected chi connectivity index (χ3v) is 6.26. The number of benzene rings is 1. The van der Waals surface area contributed by atoms with Gasteiger partial charge in [0.05, 0.1) is 6.61 Å². The molecule has 0 heterocycles. The fourth-order valence-electron chi connectivity index (χ4n) is 4.62. The van der Waals surface area contributed by atoms with E-state index in [1.54, 1.807) is 0 Å². The van der Waals surface area contributed by atoms with Crippen molar-refractivity contribution in [3.63, 3.8) is 0 Å². The molecule has 0 atom stereocenters. The Kier molecular flexibility index (Phi) is 5.81. The summed E-state index contributed by atoms with van der Waals surface area (Å²) in [4.78, 5) is 0. The van der Waals surface area contributed by atoms with Crippen molar-refractivity contribution >= 4 is 0 Å². The monoisotopic (exact) mass is 300 g/mol. The largest absolute Gasteiger partial charge is 0.493 e. The van der Waals surface area contributed by atoms with Gasteiger partial charge in [-0.25, -0.2) is 0 Å². The molecule has 2 saturated carbocycles. The van der Waals surface area contributed by atoms with E-state index in [2.05, 4.69) is 31.2 Å². The quantitative estimate of drug-likeness (QED) is 0.639. The van der Waals surface area contributed by atoms with Gasteiger partial charge in [-0.05, 0) is 74.3 Å². The molecular weight excluding hydrogens is 268 g/mol. The van der Waals surface area contributed by atoms with Crippen LogP contribution in [0.2, 0.25) is 0 Å². The Morgan fingerprint density at radius 2 is 1.32 bits per heavy atom. The zero-order valence-corrected chi connectivity index (χ0v) is 14.2. The molecule has 0 N–H and O–H groups in total. The van der Waals surface area contributed by atoms with E-state index >= 15 is 0 Å². The highest BCUT2D eigenvalue weighted by molar-refractivity contribution is 5.20. The van der Waals surface area contributed by atoms with E-state index in [0.717, 1.165) is 36.0 Å².